The van der Waals surface area contributed by atoms with E-state index in [0.29, 0.717) is 0 Å². The number of carbonyl (C=O) groups is 1. The van der Waals surface area contributed by atoms with Crippen LogP contribution >= 0.6 is 11.3 Å². The topological polar surface area (TPSA) is 62.7 Å². The number of phenols is 1. The smallest absolute Gasteiger partial charge is 0.408 e. The van der Waals surface area contributed by atoms with E-state index < -0.39 is 36.3 Å². The Morgan fingerprint density at radius 1 is 1.43 bits per heavy atom. The van der Waals surface area contributed by atoms with Gasteiger partial charge < -0.3 is 14.7 Å². The minimum Gasteiger partial charge on any atom is -0.507 e. The number of thiazole rings is 1. The molecular formula is C18H18F4N2O3S. The minimum atomic E-state index is -4.56. The Morgan fingerprint density at radius 2 is 2.18 bits per heavy atom. The molecule has 2 unspecified atom stereocenters. The van der Waals surface area contributed by atoms with Gasteiger partial charge in [0.15, 0.2) is 5.13 Å². The molecule has 1 N–H and O–H groups in total. The lowest BCUT2D eigenvalue weighted by Crippen LogP contribution is -2.52. The Hall–Kier alpha value is -2.36. The normalized spacial score (nSPS) is 20.2. The van der Waals surface area contributed by atoms with Crippen LogP contribution in [-0.2, 0) is 9.53 Å². The quantitative estimate of drug-likeness (QED) is 0.590. The zero-order valence-corrected chi connectivity index (χ0v) is 15.7. The maximum absolute atomic E-state index is 13.6. The van der Waals surface area contributed by atoms with Crippen molar-refractivity contribution in [1.29, 1.82) is 0 Å². The van der Waals surface area contributed by atoms with Gasteiger partial charge in [-0.2, -0.15) is 13.2 Å². The molecule has 28 heavy (non-hydrogen) atoms. The summed E-state index contributed by atoms with van der Waals surface area (Å²) in [5.41, 5.74) is 0.290. The molecule has 0 saturated carbocycles. The van der Waals surface area contributed by atoms with E-state index >= 15 is 0 Å². The third-order valence-electron chi connectivity index (χ3n) is 4.57. The molecule has 2 heterocycles. The van der Waals surface area contributed by atoms with E-state index in [1.807, 2.05) is 0 Å². The molecule has 5 nitrogen and oxygen atoms in total. The van der Waals surface area contributed by atoms with Gasteiger partial charge >= 0.3 is 12.1 Å². The fourth-order valence-corrected chi connectivity index (χ4v) is 4.11. The maximum Gasteiger partial charge on any atom is 0.408 e. The predicted octanol–water partition coefficient (Wildman–Crippen LogP) is 4.37. The summed E-state index contributed by atoms with van der Waals surface area (Å²) in [4.78, 5) is 17.2. The van der Waals surface area contributed by atoms with Crippen LogP contribution in [-0.4, -0.2) is 41.4 Å². The zero-order chi connectivity index (χ0) is 20.5. The highest BCUT2D eigenvalue weighted by Crippen LogP contribution is 2.40. The maximum atomic E-state index is 13.6. The highest BCUT2D eigenvalue weighted by atomic mass is 32.1. The van der Waals surface area contributed by atoms with E-state index in [1.165, 1.54) is 5.38 Å². The van der Waals surface area contributed by atoms with E-state index in [-0.39, 0.29) is 41.7 Å². The first kappa shape index (κ1) is 20.4. The number of esters is 1. The van der Waals surface area contributed by atoms with Crippen LogP contribution < -0.4 is 4.90 Å². The largest absolute Gasteiger partial charge is 0.507 e. The van der Waals surface area contributed by atoms with Gasteiger partial charge in [0.25, 0.3) is 0 Å². The number of hydrogen-bond donors (Lipinski definition) is 1. The summed E-state index contributed by atoms with van der Waals surface area (Å²) in [6.45, 7) is 1.70. The van der Waals surface area contributed by atoms with Crippen molar-refractivity contribution >= 4 is 22.4 Å². The molecule has 2 aromatic rings. The summed E-state index contributed by atoms with van der Waals surface area (Å²) in [7, 11) is 0. The molecule has 10 heteroatoms. The highest BCUT2D eigenvalue weighted by Gasteiger charge is 2.49. The second-order valence-electron chi connectivity index (χ2n) is 6.40. The van der Waals surface area contributed by atoms with Crippen molar-refractivity contribution in [3.05, 3.63) is 29.4 Å². The van der Waals surface area contributed by atoms with Gasteiger partial charge in [-0.05, 0) is 38.0 Å². The van der Waals surface area contributed by atoms with Crippen molar-refractivity contribution in [1.82, 2.24) is 4.98 Å². The molecule has 0 amide bonds. The van der Waals surface area contributed by atoms with Crippen LogP contribution in [0.1, 0.15) is 19.8 Å². The average molecular weight is 418 g/mol. The molecule has 1 saturated heterocycles. The molecule has 2 atom stereocenters. The van der Waals surface area contributed by atoms with Gasteiger partial charge in [0.05, 0.1) is 18.2 Å². The van der Waals surface area contributed by atoms with Gasteiger partial charge in [-0.25, -0.2) is 9.37 Å². The van der Waals surface area contributed by atoms with Gasteiger partial charge in [-0.15, -0.1) is 11.3 Å². The number of rotatable bonds is 4. The standard InChI is InChI=1S/C18H18F4N2O3S/c1-2-27-16(26)10-5-6-24(15(7-10)18(20,21)22)17-23-13(9-28-17)12-8-11(19)3-4-14(12)25/h3-4,8-10,15,25H,2,5-7H2,1H3. The number of nitrogens with zero attached hydrogens (tertiary/aromatic N) is 2. The number of aromatic nitrogens is 1. The third kappa shape index (κ3) is 4.21. The van der Waals surface area contributed by atoms with Gasteiger partial charge in [0.2, 0.25) is 0 Å². The van der Waals surface area contributed by atoms with Gasteiger partial charge in [-0.1, -0.05) is 0 Å². The van der Waals surface area contributed by atoms with Crippen molar-refractivity contribution in [2.45, 2.75) is 32.0 Å². The van der Waals surface area contributed by atoms with Crippen LogP contribution in [0.3, 0.4) is 0 Å². The fraction of sp³-hybridized carbons (Fsp3) is 0.444. The lowest BCUT2D eigenvalue weighted by molar-refractivity contribution is -0.164. The molecule has 1 aromatic heterocycles. The first-order chi connectivity index (χ1) is 13.2. The van der Waals surface area contributed by atoms with Gasteiger partial charge in [0.1, 0.15) is 17.6 Å². The van der Waals surface area contributed by atoms with Crippen LogP contribution in [0.5, 0.6) is 5.75 Å². The third-order valence-corrected chi connectivity index (χ3v) is 5.45. The fourth-order valence-electron chi connectivity index (χ4n) is 3.21. The molecule has 0 radical (unpaired) electrons. The van der Waals surface area contributed by atoms with Crippen LogP contribution in [0.4, 0.5) is 22.7 Å². The van der Waals surface area contributed by atoms with Crippen molar-refractivity contribution < 1.29 is 32.2 Å². The summed E-state index contributed by atoms with van der Waals surface area (Å²) in [6, 6.07) is 1.43. The van der Waals surface area contributed by atoms with Gasteiger partial charge in [-0.3, -0.25) is 4.79 Å². The summed E-state index contributed by atoms with van der Waals surface area (Å²) in [6.07, 6.45) is -4.76. The van der Waals surface area contributed by atoms with Crippen molar-refractivity contribution in [2.24, 2.45) is 5.92 Å². The number of hydrogen-bond acceptors (Lipinski definition) is 6. The lowest BCUT2D eigenvalue weighted by atomic mass is 9.91. The molecule has 3 rings (SSSR count). The Balaban J connectivity index is 1.87. The summed E-state index contributed by atoms with van der Waals surface area (Å²) >= 11 is 0.970. The highest BCUT2D eigenvalue weighted by molar-refractivity contribution is 7.14. The predicted molar refractivity (Wildman–Crippen MR) is 95.7 cm³/mol. The SMILES string of the molecule is CCOC(=O)C1CCN(c2nc(-c3cc(F)ccc3O)cs2)C(C(F)(F)F)C1. The number of ether oxygens (including phenoxy) is 1. The van der Waals surface area contributed by atoms with Crippen LogP contribution in [0, 0.1) is 11.7 Å². The number of aromatic hydroxyl groups is 1. The number of piperidine rings is 1. The molecule has 0 bridgehead atoms. The van der Waals surface area contributed by atoms with Crippen LogP contribution in [0.25, 0.3) is 11.3 Å². The summed E-state index contributed by atoms with van der Waals surface area (Å²) < 4.78 is 59.2. The zero-order valence-electron chi connectivity index (χ0n) is 14.9. The molecule has 152 valence electrons. The minimum absolute atomic E-state index is 0.0181. The summed E-state index contributed by atoms with van der Waals surface area (Å²) in [5.74, 6) is -2.26. The number of halogens is 4. The molecular weight excluding hydrogens is 400 g/mol. The van der Waals surface area contributed by atoms with E-state index in [2.05, 4.69) is 4.98 Å². The number of phenolic OH excluding ortho intramolecular Hbond substituents is 1. The Labute approximate surface area is 162 Å². The second kappa shape index (κ2) is 7.94. The second-order valence-corrected chi connectivity index (χ2v) is 7.24. The Morgan fingerprint density at radius 3 is 2.86 bits per heavy atom. The van der Waals surface area contributed by atoms with Crippen molar-refractivity contribution in [2.75, 3.05) is 18.1 Å². The lowest BCUT2D eigenvalue weighted by Gasteiger charge is -2.39. The van der Waals surface area contributed by atoms with E-state index in [9.17, 15) is 27.5 Å². The van der Waals surface area contributed by atoms with E-state index in [0.717, 1.165) is 34.4 Å². The monoisotopic (exact) mass is 418 g/mol. The van der Waals surface area contributed by atoms with Gasteiger partial charge in [0, 0.05) is 17.5 Å². The number of anilines is 1. The van der Waals surface area contributed by atoms with Crippen molar-refractivity contribution in [3.63, 3.8) is 0 Å². The number of alkyl halides is 3. The molecule has 1 aliphatic heterocycles. The van der Waals surface area contributed by atoms with E-state index in [1.54, 1.807) is 6.92 Å². The first-order valence-electron chi connectivity index (χ1n) is 8.65. The number of carbonyl (C=O) groups excluding carboxylic acids is 1. The Bertz CT molecular complexity index is 856. The van der Waals surface area contributed by atoms with Crippen LogP contribution in [0.2, 0.25) is 0 Å². The molecule has 1 aliphatic rings. The molecule has 0 spiro atoms. The van der Waals surface area contributed by atoms with E-state index in [4.69, 9.17) is 4.74 Å². The molecule has 0 aliphatic carbocycles. The molecule has 1 aromatic carbocycles. The Kier molecular flexibility index (Phi) is 5.78. The summed E-state index contributed by atoms with van der Waals surface area (Å²) in [5, 5.41) is 11.5. The number of benzene rings is 1. The average Bonchev–Trinajstić information content (AvgIpc) is 3.12. The molecule has 1 fully saturated rings. The van der Waals surface area contributed by atoms with Crippen LogP contribution in [0.15, 0.2) is 23.6 Å². The first-order valence-corrected chi connectivity index (χ1v) is 9.53. The van der Waals surface area contributed by atoms with Crippen molar-refractivity contribution in [3.8, 4) is 17.0 Å².